The van der Waals surface area contributed by atoms with Gasteiger partial charge in [0.1, 0.15) is 0 Å². The summed E-state index contributed by atoms with van der Waals surface area (Å²) in [7, 11) is 0. The van der Waals surface area contributed by atoms with Gasteiger partial charge in [0.15, 0.2) is 0 Å². The minimum atomic E-state index is -0.00612. The molecule has 14 heavy (non-hydrogen) atoms. The Balaban J connectivity index is 2.72. The van der Waals surface area contributed by atoms with Crippen LogP contribution in [-0.4, -0.2) is 11.7 Å². The smallest absolute Gasteiger partial charge is 0.0487 e. The van der Waals surface area contributed by atoms with Crippen LogP contribution in [0.25, 0.3) is 0 Å². The molecule has 0 bridgehead atoms. The maximum Gasteiger partial charge on any atom is 0.0487 e. The van der Waals surface area contributed by atoms with E-state index in [1.54, 1.807) is 0 Å². The van der Waals surface area contributed by atoms with Gasteiger partial charge in [-0.3, -0.25) is 0 Å². The molecule has 0 spiro atoms. The lowest BCUT2D eigenvalue weighted by atomic mass is 9.82. The van der Waals surface area contributed by atoms with Gasteiger partial charge >= 0.3 is 0 Å². The van der Waals surface area contributed by atoms with Crippen molar-refractivity contribution in [2.45, 2.75) is 26.7 Å². The van der Waals surface area contributed by atoms with Crippen molar-refractivity contribution in [2.75, 3.05) is 6.61 Å². The van der Waals surface area contributed by atoms with E-state index in [2.05, 4.69) is 13.8 Å². The third-order valence-electron chi connectivity index (χ3n) is 2.78. The van der Waals surface area contributed by atoms with Crippen LogP contribution in [0.3, 0.4) is 0 Å². The van der Waals surface area contributed by atoms with Crippen molar-refractivity contribution in [3.05, 3.63) is 34.9 Å². The van der Waals surface area contributed by atoms with Gasteiger partial charge < -0.3 is 5.11 Å². The average Bonchev–Trinajstić information content (AvgIpc) is 2.21. The number of aliphatic hydroxyl groups excluding tert-OH is 1. The summed E-state index contributed by atoms with van der Waals surface area (Å²) in [6.45, 7) is 4.43. The number of rotatable bonds is 4. The molecule has 1 aromatic carbocycles. The highest BCUT2D eigenvalue weighted by molar-refractivity contribution is 6.30. The maximum absolute atomic E-state index is 9.28. The van der Waals surface area contributed by atoms with Crippen LogP contribution in [0, 0.1) is 5.41 Å². The first kappa shape index (κ1) is 11.5. The van der Waals surface area contributed by atoms with Gasteiger partial charge in [0, 0.05) is 11.6 Å². The van der Waals surface area contributed by atoms with Crippen LogP contribution in [0.2, 0.25) is 5.02 Å². The van der Waals surface area contributed by atoms with Gasteiger partial charge in [0.05, 0.1) is 0 Å². The van der Waals surface area contributed by atoms with Gasteiger partial charge in [-0.2, -0.15) is 0 Å². The lowest BCUT2D eigenvalue weighted by Gasteiger charge is -2.25. The molecule has 1 nitrogen and oxygen atoms in total. The van der Waals surface area contributed by atoms with E-state index in [-0.39, 0.29) is 12.0 Å². The number of halogens is 1. The molecule has 0 radical (unpaired) electrons. The van der Waals surface area contributed by atoms with Crippen molar-refractivity contribution in [1.82, 2.24) is 0 Å². The molecule has 1 rings (SSSR count). The largest absolute Gasteiger partial charge is 0.396 e. The Bertz CT molecular complexity index is 275. The van der Waals surface area contributed by atoms with E-state index in [4.69, 9.17) is 11.6 Å². The zero-order chi connectivity index (χ0) is 10.6. The third kappa shape index (κ3) is 3.00. The minimum Gasteiger partial charge on any atom is -0.396 e. The lowest BCUT2D eigenvalue weighted by molar-refractivity contribution is 0.138. The molecule has 0 aliphatic heterocycles. The van der Waals surface area contributed by atoms with Crippen LogP contribution < -0.4 is 0 Å². The highest BCUT2D eigenvalue weighted by Gasteiger charge is 2.21. The van der Waals surface area contributed by atoms with Crippen LogP contribution in [-0.2, 0) is 6.42 Å². The van der Waals surface area contributed by atoms with Crippen molar-refractivity contribution < 1.29 is 5.11 Å². The highest BCUT2D eigenvalue weighted by atomic mass is 35.5. The van der Waals surface area contributed by atoms with Crippen molar-refractivity contribution >= 4 is 11.6 Å². The van der Waals surface area contributed by atoms with Crippen LogP contribution >= 0.6 is 11.6 Å². The Morgan fingerprint density at radius 3 is 2.29 bits per heavy atom. The fraction of sp³-hybridized carbons (Fsp3) is 0.500. The van der Waals surface area contributed by atoms with Gasteiger partial charge in [0.25, 0.3) is 0 Å². The maximum atomic E-state index is 9.28. The molecule has 2 heteroatoms. The number of aliphatic hydroxyl groups is 1. The Morgan fingerprint density at radius 2 is 1.86 bits per heavy atom. The summed E-state index contributed by atoms with van der Waals surface area (Å²) in [5.41, 5.74) is 1.22. The molecule has 0 aliphatic carbocycles. The van der Waals surface area contributed by atoms with E-state index in [9.17, 15) is 5.11 Å². The molecule has 1 aromatic rings. The van der Waals surface area contributed by atoms with Crippen LogP contribution in [0.4, 0.5) is 0 Å². The summed E-state index contributed by atoms with van der Waals surface area (Å²) >= 11 is 5.80. The standard InChI is InChI=1S/C12H17ClO/c1-3-12(2,9-14)8-10-4-6-11(13)7-5-10/h4-7,14H,3,8-9H2,1-2H3. The molecule has 0 aromatic heterocycles. The molecule has 1 atom stereocenters. The van der Waals surface area contributed by atoms with E-state index in [1.165, 1.54) is 5.56 Å². The summed E-state index contributed by atoms with van der Waals surface area (Å²) in [5, 5.41) is 10.0. The molecule has 1 unspecified atom stereocenters. The first-order valence-corrected chi connectivity index (χ1v) is 5.33. The SMILES string of the molecule is CCC(C)(CO)Cc1ccc(Cl)cc1. The molecule has 0 saturated heterocycles. The Morgan fingerprint density at radius 1 is 1.29 bits per heavy atom. The minimum absolute atomic E-state index is 0.00612. The third-order valence-corrected chi connectivity index (χ3v) is 3.03. The summed E-state index contributed by atoms with van der Waals surface area (Å²) in [6.07, 6.45) is 1.88. The normalized spacial score (nSPS) is 15.1. The molecule has 0 saturated carbocycles. The van der Waals surface area contributed by atoms with Gasteiger partial charge in [0.2, 0.25) is 0 Å². The second kappa shape index (κ2) is 4.81. The van der Waals surface area contributed by atoms with Crippen LogP contribution in [0.5, 0.6) is 0 Å². The lowest BCUT2D eigenvalue weighted by Crippen LogP contribution is -2.23. The molecular weight excluding hydrogens is 196 g/mol. The molecule has 78 valence electrons. The van der Waals surface area contributed by atoms with Gasteiger partial charge in [-0.25, -0.2) is 0 Å². The summed E-state index contributed by atoms with van der Waals surface area (Å²) in [5.74, 6) is 0. The topological polar surface area (TPSA) is 20.2 Å². The second-order valence-corrected chi connectivity index (χ2v) is 4.56. The first-order valence-electron chi connectivity index (χ1n) is 4.95. The quantitative estimate of drug-likeness (QED) is 0.812. The fourth-order valence-corrected chi connectivity index (χ4v) is 1.51. The molecule has 1 N–H and O–H groups in total. The van der Waals surface area contributed by atoms with E-state index < -0.39 is 0 Å². The highest BCUT2D eigenvalue weighted by Crippen LogP contribution is 2.26. The predicted molar refractivity (Wildman–Crippen MR) is 60.6 cm³/mol. The average molecular weight is 213 g/mol. The molecule has 0 heterocycles. The van der Waals surface area contributed by atoms with E-state index >= 15 is 0 Å². The molecule has 0 fully saturated rings. The van der Waals surface area contributed by atoms with Gasteiger partial charge in [-0.05, 0) is 36.0 Å². The monoisotopic (exact) mass is 212 g/mol. The van der Waals surface area contributed by atoms with E-state index in [0.29, 0.717) is 0 Å². The zero-order valence-corrected chi connectivity index (χ0v) is 9.51. The summed E-state index contributed by atoms with van der Waals surface area (Å²) in [4.78, 5) is 0. The Hall–Kier alpha value is -0.530. The van der Waals surface area contributed by atoms with Crippen molar-refractivity contribution in [3.63, 3.8) is 0 Å². The number of hydrogen-bond acceptors (Lipinski definition) is 1. The summed E-state index contributed by atoms with van der Waals surface area (Å²) < 4.78 is 0. The van der Waals surface area contributed by atoms with Gasteiger partial charge in [-0.1, -0.05) is 37.6 Å². The van der Waals surface area contributed by atoms with Crippen LogP contribution in [0.1, 0.15) is 25.8 Å². The van der Waals surface area contributed by atoms with Crippen molar-refractivity contribution in [1.29, 1.82) is 0 Å². The molecule has 0 amide bonds. The molecule has 0 aliphatic rings. The van der Waals surface area contributed by atoms with E-state index in [1.807, 2.05) is 24.3 Å². The Kier molecular flexibility index (Phi) is 3.97. The zero-order valence-electron chi connectivity index (χ0n) is 8.76. The first-order chi connectivity index (χ1) is 6.59. The predicted octanol–water partition coefficient (Wildman–Crippen LogP) is 3.29. The van der Waals surface area contributed by atoms with Crippen molar-refractivity contribution in [3.8, 4) is 0 Å². The number of hydrogen-bond donors (Lipinski definition) is 1. The second-order valence-electron chi connectivity index (χ2n) is 4.13. The van der Waals surface area contributed by atoms with E-state index in [0.717, 1.165) is 17.9 Å². The molecular formula is C12H17ClO. The number of benzene rings is 1. The van der Waals surface area contributed by atoms with Gasteiger partial charge in [-0.15, -0.1) is 0 Å². The Labute approximate surface area is 90.7 Å². The fourth-order valence-electron chi connectivity index (χ4n) is 1.39. The summed E-state index contributed by atoms with van der Waals surface area (Å²) in [6, 6.07) is 7.83. The van der Waals surface area contributed by atoms with Crippen LogP contribution in [0.15, 0.2) is 24.3 Å². The van der Waals surface area contributed by atoms with Crippen molar-refractivity contribution in [2.24, 2.45) is 5.41 Å².